The average Bonchev–Trinajstić information content (AvgIpc) is 2.37. The molecule has 0 heterocycles. The molecule has 4 nitrogen and oxygen atoms in total. The maximum Gasteiger partial charge on any atom is 0.314 e. The van der Waals surface area contributed by atoms with Crippen molar-refractivity contribution in [3.63, 3.8) is 0 Å². The van der Waals surface area contributed by atoms with E-state index in [-0.39, 0.29) is 6.03 Å². The van der Waals surface area contributed by atoms with Gasteiger partial charge < -0.3 is 15.4 Å². The van der Waals surface area contributed by atoms with Gasteiger partial charge in [-0.1, -0.05) is 31.0 Å². The van der Waals surface area contributed by atoms with E-state index in [4.69, 9.17) is 4.74 Å². The molecule has 0 saturated heterocycles. The van der Waals surface area contributed by atoms with Gasteiger partial charge in [-0.2, -0.15) is 0 Å². The van der Waals surface area contributed by atoms with E-state index in [1.165, 1.54) is 5.56 Å². The van der Waals surface area contributed by atoms with Crippen LogP contribution in [-0.2, 0) is 0 Å². The second kappa shape index (κ2) is 8.40. The highest BCUT2D eigenvalue weighted by Gasteiger charge is 2.01. The minimum absolute atomic E-state index is 0.127. The third kappa shape index (κ3) is 6.13. The van der Waals surface area contributed by atoms with Crippen molar-refractivity contribution in [2.24, 2.45) is 0 Å². The summed E-state index contributed by atoms with van der Waals surface area (Å²) in [6.07, 6.45) is 2.09. The summed E-state index contributed by atoms with van der Waals surface area (Å²) < 4.78 is 5.63. The summed E-state index contributed by atoms with van der Waals surface area (Å²) in [6.45, 7) is 7.88. The second-order valence-corrected chi connectivity index (χ2v) is 4.65. The largest absolute Gasteiger partial charge is 0.491 e. The maximum absolute atomic E-state index is 11.4. The van der Waals surface area contributed by atoms with Gasteiger partial charge in [0.25, 0.3) is 0 Å². The normalized spacial score (nSPS) is 10.1. The lowest BCUT2D eigenvalue weighted by Crippen LogP contribution is -2.38. The maximum atomic E-state index is 11.4. The first-order chi connectivity index (χ1) is 9.13. The van der Waals surface area contributed by atoms with Crippen molar-refractivity contribution in [1.82, 2.24) is 10.6 Å². The van der Waals surface area contributed by atoms with Crippen LogP contribution in [0.15, 0.2) is 18.2 Å². The predicted octanol–water partition coefficient (Wildman–Crippen LogP) is 2.78. The zero-order valence-corrected chi connectivity index (χ0v) is 12.1. The van der Waals surface area contributed by atoms with Crippen molar-refractivity contribution < 1.29 is 9.53 Å². The first-order valence-electron chi connectivity index (χ1n) is 6.85. The summed E-state index contributed by atoms with van der Waals surface area (Å²) in [5, 5.41) is 5.56. The topological polar surface area (TPSA) is 50.4 Å². The van der Waals surface area contributed by atoms with Crippen molar-refractivity contribution >= 4 is 6.03 Å². The first-order valence-corrected chi connectivity index (χ1v) is 6.85. The van der Waals surface area contributed by atoms with Crippen molar-refractivity contribution in [1.29, 1.82) is 0 Å². The molecule has 0 atom stereocenters. The highest BCUT2D eigenvalue weighted by Crippen LogP contribution is 2.18. The molecule has 2 N–H and O–H groups in total. The van der Waals surface area contributed by atoms with Gasteiger partial charge in [0, 0.05) is 6.54 Å². The summed E-state index contributed by atoms with van der Waals surface area (Å²) in [5.41, 5.74) is 2.34. The molecule has 1 aromatic carbocycles. The number of hydrogen-bond donors (Lipinski definition) is 2. The Morgan fingerprint density at radius 1 is 1.21 bits per heavy atom. The first kappa shape index (κ1) is 15.3. The van der Waals surface area contributed by atoms with Crippen LogP contribution >= 0.6 is 0 Å². The number of benzene rings is 1. The molecule has 0 aromatic heterocycles. The van der Waals surface area contributed by atoms with E-state index in [9.17, 15) is 4.79 Å². The molecule has 0 aliphatic rings. The monoisotopic (exact) mass is 264 g/mol. The Labute approximate surface area is 115 Å². The van der Waals surface area contributed by atoms with E-state index in [1.54, 1.807) is 0 Å². The molecule has 1 aromatic rings. The molecule has 1 rings (SSSR count). The van der Waals surface area contributed by atoms with E-state index >= 15 is 0 Å². The lowest BCUT2D eigenvalue weighted by molar-refractivity contribution is 0.236. The number of urea groups is 1. The number of rotatable bonds is 7. The Morgan fingerprint density at radius 3 is 2.63 bits per heavy atom. The summed E-state index contributed by atoms with van der Waals surface area (Å²) in [5.74, 6) is 0.874. The zero-order valence-electron chi connectivity index (χ0n) is 12.1. The van der Waals surface area contributed by atoms with Gasteiger partial charge in [0.2, 0.25) is 0 Å². The number of hydrogen-bond acceptors (Lipinski definition) is 2. The van der Waals surface area contributed by atoms with Gasteiger partial charge in [0.1, 0.15) is 12.4 Å². The number of carbonyl (C=O) groups excluding carboxylic acids is 1. The van der Waals surface area contributed by atoms with Crippen LogP contribution < -0.4 is 15.4 Å². The van der Waals surface area contributed by atoms with E-state index in [1.807, 2.05) is 19.1 Å². The average molecular weight is 264 g/mol. The van der Waals surface area contributed by atoms with Crippen LogP contribution in [0.1, 0.15) is 30.9 Å². The number of nitrogens with one attached hydrogen (secondary N) is 2. The number of unbranched alkanes of at least 4 members (excludes halogenated alkanes) is 1. The fourth-order valence-electron chi connectivity index (χ4n) is 1.73. The Hall–Kier alpha value is -1.71. The summed E-state index contributed by atoms with van der Waals surface area (Å²) in [4.78, 5) is 11.4. The molecule has 0 aliphatic carbocycles. The number of ether oxygens (including phenoxy) is 1. The molecule has 4 heteroatoms. The van der Waals surface area contributed by atoms with Crippen LogP contribution in [0.4, 0.5) is 4.79 Å². The Balaban J connectivity index is 2.18. The van der Waals surface area contributed by atoms with Crippen LogP contribution in [0.5, 0.6) is 5.75 Å². The van der Waals surface area contributed by atoms with Crippen LogP contribution in [0.3, 0.4) is 0 Å². The minimum atomic E-state index is -0.127. The molecule has 0 fully saturated rings. The Morgan fingerprint density at radius 2 is 1.95 bits per heavy atom. The molecule has 0 unspecified atom stereocenters. The van der Waals surface area contributed by atoms with Gasteiger partial charge in [0.05, 0.1) is 6.54 Å². The number of aryl methyl sites for hydroxylation is 2. The molecule has 106 valence electrons. The smallest absolute Gasteiger partial charge is 0.314 e. The molecule has 2 amide bonds. The van der Waals surface area contributed by atoms with Crippen LogP contribution in [0.2, 0.25) is 0 Å². The molecule has 19 heavy (non-hydrogen) atoms. The van der Waals surface area contributed by atoms with Gasteiger partial charge in [-0.25, -0.2) is 4.79 Å². The lowest BCUT2D eigenvalue weighted by atomic mass is 10.1. The van der Waals surface area contributed by atoms with Gasteiger partial charge in [-0.05, 0) is 31.9 Å². The fourth-order valence-corrected chi connectivity index (χ4v) is 1.73. The van der Waals surface area contributed by atoms with Crippen molar-refractivity contribution in [2.45, 2.75) is 33.6 Å². The molecule has 0 aliphatic heterocycles. The van der Waals surface area contributed by atoms with E-state index < -0.39 is 0 Å². The van der Waals surface area contributed by atoms with Crippen molar-refractivity contribution in [3.8, 4) is 5.75 Å². The van der Waals surface area contributed by atoms with Gasteiger partial charge in [0.15, 0.2) is 0 Å². The number of amides is 2. The fraction of sp³-hybridized carbons (Fsp3) is 0.533. The third-order valence-corrected chi connectivity index (χ3v) is 2.79. The second-order valence-electron chi connectivity index (χ2n) is 4.65. The van der Waals surface area contributed by atoms with Crippen molar-refractivity contribution in [3.05, 3.63) is 29.3 Å². The quantitative estimate of drug-likeness (QED) is 0.744. The summed E-state index contributed by atoms with van der Waals surface area (Å²) in [7, 11) is 0. The number of carbonyl (C=O) groups is 1. The molecule has 0 saturated carbocycles. The molecular weight excluding hydrogens is 240 g/mol. The van der Waals surface area contributed by atoms with E-state index in [2.05, 4.69) is 30.5 Å². The van der Waals surface area contributed by atoms with Gasteiger partial charge in [-0.15, -0.1) is 0 Å². The standard InChI is InChI=1S/C15H24N2O2/c1-4-5-8-16-15(18)17-9-10-19-14-7-6-12(2)11-13(14)3/h6-7,11H,4-5,8-10H2,1-3H3,(H2,16,17,18). The highest BCUT2D eigenvalue weighted by atomic mass is 16.5. The zero-order chi connectivity index (χ0) is 14.1. The lowest BCUT2D eigenvalue weighted by Gasteiger charge is -2.11. The van der Waals surface area contributed by atoms with E-state index in [0.29, 0.717) is 13.2 Å². The van der Waals surface area contributed by atoms with Gasteiger partial charge in [-0.3, -0.25) is 0 Å². The van der Waals surface area contributed by atoms with Crippen LogP contribution in [-0.4, -0.2) is 25.7 Å². The van der Waals surface area contributed by atoms with Crippen molar-refractivity contribution in [2.75, 3.05) is 19.7 Å². The predicted molar refractivity (Wildman–Crippen MR) is 77.7 cm³/mol. The summed E-state index contributed by atoms with van der Waals surface area (Å²) >= 11 is 0. The highest BCUT2D eigenvalue weighted by molar-refractivity contribution is 5.73. The minimum Gasteiger partial charge on any atom is -0.491 e. The molecule has 0 bridgehead atoms. The SMILES string of the molecule is CCCCNC(=O)NCCOc1ccc(C)cc1C. The molecular formula is C15H24N2O2. The van der Waals surface area contributed by atoms with Crippen LogP contribution in [0.25, 0.3) is 0 Å². The third-order valence-electron chi connectivity index (χ3n) is 2.79. The molecule has 0 radical (unpaired) electrons. The summed E-state index contributed by atoms with van der Waals surface area (Å²) in [6, 6.07) is 5.94. The van der Waals surface area contributed by atoms with Gasteiger partial charge >= 0.3 is 6.03 Å². The van der Waals surface area contributed by atoms with Crippen LogP contribution in [0, 0.1) is 13.8 Å². The molecule has 0 spiro atoms. The van der Waals surface area contributed by atoms with E-state index in [0.717, 1.165) is 30.7 Å². The Kier molecular flexibility index (Phi) is 6.79. The Bertz CT molecular complexity index is 405.